The van der Waals surface area contributed by atoms with E-state index < -0.39 is 0 Å². The number of ketones is 1. The third-order valence-corrected chi connectivity index (χ3v) is 3.85. The van der Waals surface area contributed by atoms with Gasteiger partial charge in [-0.2, -0.15) is 0 Å². The van der Waals surface area contributed by atoms with Crippen LogP contribution in [0.25, 0.3) is 5.57 Å². The lowest BCUT2D eigenvalue weighted by Crippen LogP contribution is -2.04. The largest absolute Gasteiger partial charge is 0.493 e. The smallest absolute Gasteiger partial charge is 0.338 e. The predicted molar refractivity (Wildman–Crippen MR) is 104 cm³/mol. The Hall–Kier alpha value is -3.28. The van der Waals surface area contributed by atoms with E-state index in [1.54, 1.807) is 69.8 Å². The third-order valence-electron chi connectivity index (χ3n) is 3.85. The van der Waals surface area contributed by atoms with E-state index in [0.29, 0.717) is 34.8 Å². The van der Waals surface area contributed by atoms with Crippen molar-refractivity contribution in [1.82, 2.24) is 0 Å². The van der Waals surface area contributed by atoms with Crippen LogP contribution in [0.15, 0.2) is 48.7 Å². The normalized spacial score (nSPS) is 10.9. The van der Waals surface area contributed by atoms with Crippen LogP contribution in [0.2, 0.25) is 0 Å². The number of methoxy groups -OCH3 is 2. The van der Waals surface area contributed by atoms with E-state index in [-0.39, 0.29) is 11.8 Å². The average Bonchev–Trinajstić information content (AvgIpc) is 2.68. The second-order valence-electron chi connectivity index (χ2n) is 5.63. The molecule has 0 radical (unpaired) electrons. The van der Waals surface area contributed by atoms with E-state index in [2.05, 4.69) is 5.32 Å². The summed E-state index contributed by atoms with van der Waals surface area (Å²) >= 11 is 0. The number of hydrogen-bond donors (Lipinski definition) is 1. The van der Waals surface area contributed by atoms with Crippen molar-refractivity contribution in [3.8, 4) is 11.5 Å². The average molecular weight is 369 g/mol. The molecule has 0 aromatic heterocycles. The molecule has 0 aliphatic carbocycles. The summed E-state index contributed by atoms with van der Waals surface area (Å²) in [7, 11) is 3.10. The van der Waals surface area contributed by atoms with Gasteiger partial charge in [-0.05, 0) is 55.8 Å². The fourth-order valence-corrected chi connectivity index (χ4v) is 2.46. The minimum Gasteiger partial charge on any atom is -0.493 e. The number of esters is 1. The van der Waals surface area contributed by atoms with Gasteiger partial charge in [0.2, 0.25) is 0 Å². The second-order valence-corrected chi connectivity index (χ2v) is 5.63. The third kappa shape index (κ3) is 5.10. The van der Waals surface area contributed by atoms with Gasteiger partial charge in [-0.1, -0.05) is 6.07 Å². The molecule has 2 aromatic carbocycles. The van der Waals surface area contributed by atoms with Gasteiger partial charge in [-0.15, -0.1) is 0 Å². The highest BCUT2D eigenvalue weighted by Crippen LogP contribution is 2.30. The fraction of sp³-hybridized carbons (Fsp3) is 0.238. The summed E-state index contributed by atoms with van der Waals surface area (Å²) in [6, 6.07) is 12.1. The summed E-state index contributed by atoms with van der Waals surface area (Å²) in [5, 5.41) is 3.08. The van der Waals surface area contributed by atoms with Crippen molar-refractivity contribution in [1.29, 1.82) is 0 Å². The highest BCUT2D eigenvalue weighted by Gasteiger charge is 2.12. The lowest BCUT2D eigenvalue weighted by atomic mass is 10.0. The molecular formula is C21H23NO5. The first-order valence-electron chi connectivity index (χ1n) is 8.47. The van der Waals surface area contributed by atoms with E-state index in [1.165, 1.54) is 6.92 Å². The van der Waals surface area contributed by atoms with Gasteiger partial charge in [0.15, 0.2) is 17.3 Å². The Balaban J connectivity index is 2.23. The first-order chi connectivity index (χ1) is 13.0. The predicted octanol–water partition coefficient (Wildman–Crippen LogP) is 3.92. The summed E-state index contributed by atoms with van der Waals surface area (Å²) in [5.41, 5.74) is 2.40. The first-order valence-corrected chi connectivity index (χ1v) is 8.47. The van der Waals surface area contributed by atoms with E-state index in [0.717, 1.165) is 5.69 Å². The van der Waals surface area contributed by atoms with Crippen molar-refractivity contribution in [2.24, 2.45) is 0 Å². The van der Waals surface area contributed by atoms with Crippen LogP contribution < -0.4 is 14.8 Å². The molecule has 6 heteroatoms. The standard InChI is InChI=1S/C21H23NO5/c1-5-27-21(24)15-6-9-17(10-7-15)22-13-18(14(2)23)16-8-11-19(25-3)20(12-16)26-4/h6-13,22H,5H2,1-4H3/b18-13-. The van der Waals surface area contributed by atoms with Gasteiger partial charge >= 0.3 is 5.97 Å². The lowest BCUT2D eigenvalue weighted by molar-refractivity contribution is -0.111. The van der Waals surface area contributed by atoms with Crippen molar-refractivity contribution >= 4 is 23.0 Å². The molecule has 142 valence electrons. The van der Waals surface area contributed by atoms with E-state index in [1.807, 2.05) is 0 Å². The van der Waals surface area contributed by atoms with Gasteiger partial charge in [-0.25, -0.2) is 4.79 Å². The zero-order chi connectivity index (χ0) is 19.8. The van der Waals surface area contributed by atoms with Gasteiger partial charge in [0, 0.05) is 17.5 Å². The molecule has 0 aliphatic heterocycles. The SMILES string of the molecule is CCOC(=O)c1ccc(N/C=C(/C(C)=O)c2ccc(OC)c(OC)c2)cc1. The number of benzene rings is 2. The van der Waals surface area contributed by atoms with Gasteiger partial charge < -0.3 is 19.5 Å². The second kappa shape index (κ2) is 9.43. The Labute approximate surface area is 158 Å². The van der Waals surface area contributed by atoms with Crippen LogP contribution in [-0.4, -0.2) is 32.6 Å². The summed E-state index contributed by atoms with van der Waals surface area (Å²) in [5.74, 6) is 0.666. The molecule has 27 heavy (non-hydrogen) atoms. The molecule has 0 bridgehead atoms. The maximum absolute atomic E-state index is 12.1. The number of hydrogen-bond acceptors (Lipinski definition) is 6. The number of nitrogens with one attached hydrogen (secondary N) is 1. The molecule has 0 unspecified atom stereocenters. The van der Waals surface area contributed by atoms with Crippen LogP contribution in [0.3, 0.4) is 0 Å². The Morgan fingerprint density at radius 3 is 2.15 bits per heavy atom. The molecule has 0 spiro atoms. The van der Waals surface area contributed by atoms with Crippen molar-refractivity contribution in [3.05, 3.63) is 59.8 Å². The maximum atomic E-state index is 12.1. The minimum atomic E-state index is -0.366. The number of allylic oxidation sites excluding steroid dienone is 1. The van der Waals surface area contributed by atoms with Crippen molar-refractivity contribution in [2.45, 2.75) is 13.8 Å². The Morgan fingerprint density at radius 1 is 0.963 bits per heavy atom. The van der Waals surface area contributed by atoms with Crippen molar-refractivity contribution in [3.63, 3.8) is 0 Å². The number of carbonyl (C=O) groups excluding carboxylic acids is 2. The van der Waals surface area contributed by atoms with Crippen LogP contribution in [-0.2, 0) is 9.53 Å². The van der Waals surface area contributed by atoms with E-state index >= 15 is 0 Å². The Morgan fingerprint density at radius 2 is 1.59 bits per heavy atom. The molecule has 2 rings (SSSR count). The highest BCUT2D eigenvalue weighted by atomic mass is 16.5. The molecule has 0 saturated carbocycles. The summed E-state index contributed by atoms with van der Waals surface area (Å²) in [6.07, 6.45) is 1.63. The molecule has 6 nitrogen and oxygen atoms in total. The molecule has 0 fully saturated rings. The monoisotopic (exact) mass is 369 g/mol. The summed E-state index contributed by atoms with van der Waals surface area (Å²) < 4.78 is 15.5. The summed E-state index contributed by atoms with van der Waals surface area (Å²) in [4.78, 5) is 23.8. The lowest BCUT2D eigenvalue weighted by Gasteiger charge is -2.11. The molecule has 0 amide bonds. The van der Waals surface area contributed by atoms with Gasteiger partial charge in [0.1, 0.15) is 0 Å². The summed E-state index contributed by atoms with van der Waals surface area (Å²) in [6.45, 7) is 3.58. The maximum Gasteiger partial charge on any atom is 0.338 e. The van der Waals surface area contributed by atoms with E-state index in [4.69, 9.17) is 14.2 Å². The van der Waals surface area contributed by atoms with Crippen LogP contribution in [0.4, 0.5) is 5.69 Å². The van der Waals surface area contributed by atoms with Gasteiger partial charge in [0.05, 0.1) is 26.4 Å². The van der Waals surface area contributed by atoms with Crippen LogP contribution in [0, 0.1) is 0 Å². The molecule has 1 N–H and O–H groups in total. The van der Waals surface area contributed by atoms with Gasteiger partial charge in [0.25, 0.3) is 0 Å². The zero-order valence-electron chi connectivity index (χ0n) is 15.9. The molecular weight excluding hydrogens is 346 g/mol. The number of Topliss-reactive ketones (excluding diaryl/α,β-unsaturated/α-hetero) is 1. The number of rotatable bonds is 8. The fourth-order valence-electron chi connectivity index (χ4n) is 2.46. The highest BCUT2D eigenvalue weighted by molar-refractivity contribution is 6.19. The molecule has 0 heterocycles. The van der Waals surface area contributed by atoms with E-state index in [9.17, 15) is 9.59 Å². The van der Waals surface area contributed by atoms with Crippen molar-refractivity contribution in [2.75, 3.05) is 26.1 Å². The minimum absolute atomic E-state index is 0.0992. The Bertz CT molecular complexity index is 840. The first kappa shape index (κ1) is 20.0. The molecule has 0 atom stereocenters. The number of ether oxygens (including phenoxy) is 3. The van der Waals surface area contributed by atoms with Crippen LogP contribution >= 0.6 is 0 Å². The van der Waals surface area contributed by atoms with Crippen LogP contribution in [0.5, 0.6) is 11.5 Å². The van der Waals surface area contributed by atoms with Gasteiger partial charge in [-0.3, -0.25) is 4.79 Å². The number of carbonyl (C=O) groups is 2. The number of anilines is 1. The topological polar surface area (TPSA) is 73.9 Å². The zero-order valence-corrected chi connectivity index (χ0v) is 15.9. The molecule has 2 aromatic rings. The molecule has 0 saturated heterocycles. The van der Waals surface area contributed by atoms with Crippen LogP contribution in [0.1, 0.15) is 29.8 Å². The Kier molecular flexibility index (Phi) is 7.00. The molecule has 0 aliphatic rings. The quantitative estimate of drug-likeness (QED) is 0.561. The van der Waals surface area contributed by atoms with Crippen molar-refractivity contribution < 1.29 is 23.8 Å².